The molecule has 0 amide bonds. The van der Waals surface area contributed by atoms with Gasteiger partial charge >= 0.3 is 0 Å². The minimum Gasteiger partial charge on any atom is -0.0776 e. The summed E-state index contributed by atoms with van der Waals surface area (Å²) < 4.78 is 0. The van der Waals surface area contributed by atoms with E-state index in [4.69, 9.17) is 0 Å². The van der Waals surface area contributed by atoms with Gasteiger partial charge in [-0.25, -0.2) is 0 Å². The van der Waals surface area contributed by atoms with Crippen molar-refractivity contribution in [3.63, 3.8) is 0 Å². The zero-order chi connectivity index (χ0) is 13.1. The van der Waals surface area contributed by atoms with Crippen LogP contribution in [0, 0.1) is 0 Å². The van der Waals surface area contributed by atoms with E-state index < -0.39 is 0 Å². The average Bonchev–Trinajstić information content (AvgIpc) is 2.20. The van der Waals surface area contributed by atoms with E-state index in [0.717, 1.165) is 0 Å². The standard InChI is InChI=1S/C7H16.C4H8.C3H8.C2H6.CH4/c1-3-5-7-6-4-2;1-2-4-3-1;1-3-2;1-2;/h3-7H2,1-2H3;1-4H2;3H2,1-2H3;1-2H3;1H4. The Morgan fingerprint density at radius 2 is 0.824 bits per heavy atom. The quantitative estimate of drug-likeness (QED) is 0.448. The van der Waals surface area contributed by atoms with Crippen LogP contribution in [0.15, 0.2) is 0 Å². The van der Waals surface area contributed by atoms with Crippen molar-refractivity contribution in [3.05, 3.63) is 0 Å². The van der Waals surface area contributed by atoms with E-state index in [-0.39, 0.29) is 7.43 Å². The molecule has 0 N–H and O–H groups in total. The fourth-order valence-corrected chi connectivity index (χ4v) is 0.927. The van der Waals surface area contributed by atoms with E-state index >= 15 is 0 Å². The highest BCUT2D eigenvalue weighted by Crippen LogP contribution is 2.15. The summed E-state index contributed by atoms with van der Waals surface area (Å²) in [6.45, 7) is 12.7. The summed E-state index contributed by atoms with van der Waals surface area (Å²) in [4.78, 5) is 0. The molecule has 0 radical (unpaired) electrons. The maximum absolute atomic E-state index is 2.25. The predicted molar refractivity (Wildman–Crippen MR) is 86.9 cm³/mol. The summed E-state index contributed by atoms with van der Waals surface area (Å²) in [5.41, 5.74) is 0. The first-order valence-electron chi connectivity index (χ1n) is 7.83. The van der Waals surface area contributed by atoms with E-state index in [1.807, 2.05) is 13.8 Å². The Kier molecular flexibility index (Phi) is 54.5. The van der Waals surface area contributed by atoms with Crippen molar-refractivity contribution in [2.45, 2.75) is 113 Å². The Morgan fingerprint density at radius 1 is 0.588 bits per heavy atom. The first-order chi connectivity index (χ1) is 7.83. The van der Waals surface area contributed by atoms with E-state index in [2.05, 4.69) is 27.7 Å². The molecule has 1 rings (SSSR count). The third kappa shape index (κ3) is 49.0. The van der Waals surface area contributed by atoms with Gasteiger partial charge in [0.05, 0.1) is 0 Å². The molecule has 0 unspecified atom stereocenters. The molecule has 1 fully saturated rings. The molecule has 1 aliphatic rings. The molecule has 110 valence electrons. The maximum atomic E-state index is 2.25. The Bertz CT molecular complexity index is 54.4. The molecule has 0 atom stereocenters. The fourth-order valence-electron chi connectivity index (χ4n) is 0.927. The van der Waals surface area contributed by atoms with Crippen LogP contribution >= 0.6 is 0 Å². The first-order valence-corrected chi connectivity index (χ1v) is 7.83. The molecule has 17 heavy (non-hydrogen) atoms. The Hall–Kier alpha value is 0. The second kappa shape index (κ2) is 36.0. The van der Waals surface area contributed by atoms with Crippen molar-refractivity contribution < 1.29 is 0 Å². The lowest BCUT2D eigenvalue weighted by Crippen LogP contribution is -1.85. The third-order valence-electron chi connectivity index (χ3n) is 2.21. The van der Waals surface area contributed by atoms with E-state index in [1.54, 1.807) is 0 Å². The SMILES string of the molecule is C.C1CCC1.CC.CCC.CCCCCCC. The monoisotopic (exact) mass is 246 g/mol. The lowest BCUT2D eigenvalue weighted by Gasteiger charge is -2.05. The van der Waals surface area contributed by atoms with Gasteiger partial charge in [-0.05, 0) is 0 Å². The van der Waals surface area contributed by atoms with E-state index in [0.29, 0.717) is 0 Å². The Morgan fingerprint density at radius 3 is 0.941 bits per heavy atom. The fraction of sp³-hybridized carbons (Fsp3) is 1.00. The van der Waals surface area contributed by atoms with Crippen LogP contribution in [0.1, 0.15) is 113 Å². The van der Waals surface area contributed by atoms with Crippen LogP contribution < -0.4 is 0 Å². The molecule has 0 aromatic carbocycles. The van der Waals surface area contributed by atoms with Gasteiger partial charge in [0.1, 0.15) is 0 Å². The van der Waals surface area contributed by atoms with Crippen LogP contribution in [0.3, 0.4) is 0 Å². The van der Waals surface area contributed by atoms with Gasteiger partial charge in [-0.3, -0.25) is 0 Å². The summed E-state index contributed by atoms with van der Waals surface area (Å²) in [6, 6.07) is 0. The van der Waals surface area contributed by atoms with E-state index in [1.165, 1.54) is 64.2 Å². The van der Waals surface area contributed by atoms with Crippen LogP contribution in [0.25, 0.3) is 0 Å². The smallest absolute Gasteiger partial charge is 0.0533 e. The van der Waals surface area contributed by atoms with Crippen molar-refractivity contribution in [1.29, 1.82) is 0 Å². The molecule has 0 aromatic rings. The molecule has 0 saturated heterocycles. The first kappa shape index (κ1) is 25.8. The molecule has 1 aliphatic carbocycles. The van der Waals surface area contributed by atoms with Gasteiger partial charge in [0.2, 0.25) is 0 Å². The van der Waals surface area contributed by atoms with Gasteiger partial charge in [-0.15, -0.1) is 0 Å². The van der Waals surface area contributed by atoms with Crippen LogP contribution in [-0.2, 0) is 0 Å². The molecular formula is C17H42. The van der Waals surface area contributed by atoms with Crippen LogP contribution in [0.4, 0.5) is 0 Å². The summed E-state index contributed by atoms with van der Waals surface area (Å²) in [5.74, 6) is 0. The Labute approximate surface area is 114 Å². The molecular weight excluding hydrogens is 204 g/mol. The van der Waals surface area contributed by atoms with Crippen molar-refractivity contribution in [3.8, 4) is 0 Å². The lowest BCUT2D eigenvalue weighted by molar-refractivity contribution is 0.504. The Balaban J connectivity index is -0.0000000726. The second-order valence-corrected chi connectivity index (χ2v) is 4.18. The van der Waals surface area contributed by atoms with Gasteiger partial charge in [-0.1, -0.05) is 113 Å². The highest BCUT2D eigenvalue weighted by atomic mass is 14.0. The summed E-state index contributed by atoms with van der Waals surface area (Å²) in [6.07, 6.45) is 14.3. The minimum atomic E-state index is 0. The van der Waals surface area contributed by atoms with Gasteiger partial charge in [-0.2, -0.15) is 0 Å². The summed E-state index contributed by atoms with van der Waals surface area (Å²) >= 11 is 0. The average molecular weight is 247 g/mol. The van der Waals surface area contributed by atoms with Crippen molar-refractivity contribution >= 4 is 0 Å². The number of rotatable bonds is 4. The van der Waals surface area contributed by atoms with E-state index in [9.17, 15) is 0 Å². The maximum Gasteiger partial charge on any atom is -0.0533 e. The molecule has 0 bridgehead atoms. The molecule has 0 spiro atoms. The second-order valence-electron chi connectivity index (χ2n) is 4.18. The van der Waals surface area contributed by atoms with Gasteiger partial charge in [0.15, 0.2) is 0 Å². The number of hydrogen-bond donors (Lipinski definition) is 0. The third-order valence-corrected chi connectivity index (χ3v) is 2.21. The van der Waals surface area contributed by atoms with Crippen LogP contribution in [-0.4, -0.2) is 0 Å². The number of hydrogen-bond acceptors (Lipinski definition) is 0. The zero-order valence-corrected chi connectivity index (χ0v) is 13.1. The highest BCUT2D eigenvalue weighted by molar-refractivity contribution is 4.50. The van der Waals surface area contributed by atoms with Gasteiger partial charge in [0.25, 0.3) is 0 Å². The van der Waals surface area contributed by atoms with Gasteiger partial charge < -0.3 is 0 Å². The predicted octanol–water partition coefficient (Wildman–Crippen LogP) is 7.62. The van der Waals surface area contributed by atoms with Crippen molar-refractivity contribution in [1.82, 2.24) is 0 Å². The minimum absolute atomic E-state index is 0. The molecule has 0 heteroatoms. The molecule has 0 heterocycles. The largest absolute Gasteiger partial charge is 0.0776 e. The van der Waals surface area contributed by atoms with Gasteiger partial charge in [0, 0.05) is 0 Å². The topological polar surface area (TPSA) is 0 Å². The highest BCUT2D eigenvalue weighted by Gasteiger charge is 1.95. The summed E-state index contributed by atoms with van der Waals surface area (Å²) in [5, 5.41) is 0. The summed E-state index contributed by atoms with van der Waals surface area (Å²) in [7, 11) is 0. The van der Waals surface area contributed by atoms with Crippen LogP contribution in [0.2, 0.25) is 0 Å². The molecule has 0 aromatic heterocycles. The number of unbranched alkanes of at least 4 members (excludes halogenated alkanes) is 4. The molecule has 1 saturated carbocycles. The zero-order valence-electron chi connectivity index (χ0n) is 13.1. The normalized spacial score (nSPS) is 10.9. The van der Waals surface area contributed by atoms with Crippen molar-refractivity contribution in [2.75, 3.05) is 0 Å². The molecule has 0 aliphatic heterocycles. The molecule has 0 nitrogen and oxygen atoms in total. The van der Waals surface area contributed by atoms with Crippen molar-refractivity contribution in [2.24, 2.45) is 0 Å². The lowest BCUT2D eigenvalue weighted by atomic mass is 10.0. The van der Waals surface area contributed by atoms with Crippen LogP contribution in [0.5, 0.6) is 0 Å².